The lowest BCUT2D eigenvalue weighted by Crippen LogP contribution is -2.24. The van der Waals surface area contributed by atoms with Crippen LogP contribution in [0.5, 0.6) is 0 Å². The molecule has 0 spiro atoms. The molecule has 96 valence electrons. The first-order chi connectivity index (χ1) is 8.56. The lowest BCUT2D eigenvalue weighted by atomic mass is 10.2. The van der Waals surface area contributed by atoms with Crippen molar-refractivity contribution in [1.29, 1.82) is 0 Å². The molecule has 0 amide bonds. The normalized spacial score (nSPS) is 10.8. The van der Waals surface area contributed by atoms with Gasteiger partial charge < -0.3 is 16.4 Å². The predicted molar refractivity (Wildman–Crippen MR) is 76.9 cm³/mol. The van der Waals surface area contributed by atoms with Crippen LogP contribution in [0, 0.1) is 0 Å². The maximum absolute atomic E-state index is 5.99. The first kappa shape index (κ1) is 12.7. The van der Waals surface area contributed by atoms with Crippen LogP contribution in [0.15, 0.2) is 12.1 Å². The van der Waals surface area contributed by atoms with Crippen molar-refractivity contribution < 1.29 is 0 Å². The molecule has 6 heteroatoms. The zero-order valence-electron chi connectivity index (χ0n) is 10.4. The molecular weight excluding hydrogens is 250 g/mol. The van der Waals surface area contributed by atoms with Gasteiger partial charge in [-0.25, -0.2) is 9.97 Å². The molecule has 0 saturated heterocycles. The first-order valence-corrected chi connectivity index (χ1v) is 6.21. The van der Waals surface area contributed by atoms with Crippen molar-refractivity contribution in [2.75, 3.05) is 29.5 Å². The molecule has 2 rings (SSSR count). The molecule has 2 aromatic rings. The molecule has 0 fully saturated rings. The molecule has 1 aromatic carbocycles. The van der Waals surface area contributed by atoms with Gasteiger partial charge in [-0.3, -0.25) is 0 Å². The van der Waals surface area contributed by atoms with Crippen molar-refractivity contribution >= 4 is 40.0 Å². The molecule has 0 aliphatic carbocycles. The van der Waals surface area contributed by atoms with E-state index in [1.165, 1.54) is 0 Å². The topological polar surface area (TPSA) is 81.1 Å². The molecule has 0 saturated carbocycles. The molecule has 0 aliphatic heterocycles. The van der Waals surface area contributed by atoms with Gasteiger partial charge in [-0.05, 0) is 26.0 Å². The summed E-state index contributed by atoms with van der Waals surface area (Å²) < 4.78 is 0. The molecule has 0 bridgehead atoms. The Balaban J connectivity index is 2.64. The van der Waals surface area contributed by atoms with Crippen molar-refractivity contribution in [2.45, 2.75) is 13.8 Å². The summed E-state index contributed by atoms with van der Waals surface area (Å²) in [5.41, 5.74) is 13.5. The highest BCUT2D eigenvalue weighted by atomic mass is 35.5. The number of aromatic nitrogens is 2. The van der Waals surface area contributed by atoms with Gasteiger partial charge in [0.15, 0.2) is 11.6 Å². The summed E-state index contributed by atoms with van der Waals surface area (Å²) >= 11 is 5.99. The van der Waals surface area contributed by atoms with E-state index in [4.69, 9.17) is 23.1 Å². The van der Waals surface area contributed by atoms with E-state index in [2.05, 4.69) is 9.97 Å². The summed E-state index contributed by atoms with van der Waals surface area (Å²) in [7, 11) is 0. The van der Waals surface area contributed by atoms with Gasteiger partial charge >= 0.3 is 0 Å². The van der Waals surface area contributed by atoms with Gasteiger partial charge in [-0.1, -0.05) is 11.6 Å². The minimum Gasteiger partial charge on any atom is -0.397 e. The summed E-state index contributed by atoms with van der Waals surface area (Å²) in [4.78, 5) is 10.9. The number of rotatable bonds is 3. The Bertz CT molecular complexity index is 580. The second-order valence-electron chi connectivity index (χ2n) is 3.97. The fourth-order valence-electron chi connectivity index (χ4n) is 1.85. The van der Waals surface area contributed by atoms with E-state index in [0.29, 0.717) is 33.4 Å². The van der Waals surface area contributed by atoms with Gasteiger partial charge in [0.25, 0.3) is 0 Å². The van der Waals surface area contributed by atoms with Crippen LogP contribution in [0.1, 0.15) is 13.8 Å². The third kappa shape index (κ3) is 2.13. The van der Waals surface area contributed by atoms with Crippen molar-refractivity contribution in [2.24, 2.45) is 0 Å². The Labute approximate surface area is 111 Å². The van der Waals surface area contributed by atoms with Gasteiger partial charge in [-0.2, -0.15) is 0 Å². The Kier molecular flexibility index (Phi) is 3.43. The maximum Gasteiger partial charge on any atom is 0.172 e. The van der Waals surface area contributed by atoms with E-state index in [1.54, 1.807) is 12.1 Å². The molecule has 18 heavy (non-hydrogen) atoms. The summed E-state index contributed by atoms with van der Waals surface area (Å²) in [6.45, 7) is 5.74. The average Bonchev–Trinajstić information content (AvgIpc) is 2.34. The van der Waals surface area contributed by atoms with Gasteiger partial charge in [0.2, 0.25) is 0 Å². The Morgan fingerprint density at radius 1 is 1.11 bits per heavy atom. The molecule has 4 N–H and O–H groups in total. The fraction of sp³-hybridized carbons (Fsp3) is 0.333. The monoisotopic (exact) mass is 265 g/mol. The summed E-state index contributed by atoms with van der Waals surface area (Å²) in [6, 6.07) is 3.40. The highest BCUT2D eigenvalue weighted by Crippen LogP contribution is 2.27. The van der Waals surface area contributed by atoms with Crippen molar-refractivity contribution in [3.8, 4) is 0 Å². The maximum atomic E-state index is 5.99. The molecule has 0 atom stereocenters. The van der Waals surface area contributed by atoms with E-state index in [-0.39, 0.29) is 0 Å². The summed E-state index contributed by atoms with van der Waals surface area (Å²) in [5.74, 6) is 1.10. The van der Waals surface area contributed by atoms with Gasteiger partial charge in [0.1, 0.15) is 0 Å². The third-order valence-corrected chi connectivity index (χ3v) is 3.18. The molecular formula is C12H16ClN5. The molecule has 1 heterocycles. The quantitative estimate of drug-likeness (QED) is 0.832. The Hall–Kier alpha value is -1.75. The van der Waals surface area contributed by atoms with Crippen molar-refractivity contribution in [3.63, 3.8) is 0 Å². The summed E-state index contributed by atoms with van der Waals surface area (Å²) in [5, 5.41) is 0.479. The highest BCUT2D eigenvalue weighted by molar-refractivity contribution is 6.33. The largest absolute Gasteiger partial charge is 0.397 e. The standard InChI is InChI=1S/C12H16ClN5/c1-3-18(4-2)12-11(15)16-10-6-8(14)7(13)5-9(10)17-12/h5-6H,3-4,14H2,1-2H3,(H2,15,16). The number of nitrogen functional groups attached to an aromatic ring is 2. The van der Waals surface area contributed by atoms with Crippen molar-refractivity contribution in [3.05, 3.63) is 17.2 Å². The van der Waals surface area contributed by atoms with Gasteiger partial charge in [-0.15, -0.1) is 0 Å². The fourth-order valence-corrected chi connectivity index (χ4v) is 2.01. The van der Waals surface area contributed by atoms with E-state index < -0.39 is 0 Å². The zero-order chi connectivity index (χ0) is 13.3. The van der Waals surface area contributed by atoms with Crippen molar-refractivity contribution in [1.82, 2.24) is 9.97 Å². The van der Waals surface area contributed by atoms with E-state index in [0.717, 1.165) is 13.1 Å². The lowest BCUT2D eigenvalue weighted by molar-refractivity contribution is 0.848. The number of hydrogen-bond donors (Lipinski definition) is 2. The van der Waals surface area contributed by atoms with Gasteiger partial charge in [0.05, 0.1) is 21.7 Å². The number of fused-ring (bicyclic) bond motifs is 1. The number of nitrogens with two attached hydrogens (primary N) is 2. The van der Waals surface area contributed by atoms with Crippen LogP contribution < -0.4 is 16.4 Å². The van der Waals surface area contributed by atoms with E-state index >= 15 is 0 Å². The van der Waals surface area contributed by atoms with E-state index in [1.807, 2.05) is 18.7 Å². The minimum atomic E-state index is 0.410. The number of anilines is 3. The average molecular weight is 266 g/mol. The molecule has 5 nitrogen and oxygen atoms in total. The molecule has 0 aliphatic rings. The van der Waals surface area contributed by atoms with Crippen LogP contribution in [-0.2, 0) is 0 Å². The number of halogens is 1. The number of hydrogen-bond acceptors (Lipinski definition) is 5. The molecule has 0 unspecified atom stereocenters. The third-order valence-electron chi connectivity index (χ3n) is 2.85. The minimum absolute atomic E-state index is 0.410. The lowest BCUT2D eigenvalue weighted by Gasteiger charge is -2.21. The second kappa shape index (κ2) is 4.86. The predicted octanol–water partition coefficient (Wildman–Crippen LogP) is 2.29. The van der Waals surface area contributed by atoms with E-state index in [9.17, 15) is 0 Å². The SMILES string of the molecule is CCN(CC)c1nc2cc(Cl)c(N)cc2nc1N. The summed E-state index contributed by atoms with van der Waals surface area (Å²) in [6.07, 6.45) is 0. The molecule has 1 aromatic heterocycles. The number of nitrogens with zero attached hydrogens (tertiary/aromatic N) is 3. The van der Waals surface area contributed by atoms with Crippen LogP contribution in [0.2, 0.25) is 5.02 Å². The van der Waals surface area contributed by atoms with Crippen LogP contribution in [0.3, 0.4) is 0 Å². The smallest absolute Gasteiger partial charge is 0.172 e. The molecule has 0 radical (unpaired) electrons. The van der Waals surface area contributed by atoms with Crippen LogP contribution in [-0.4, -0.2) is 23.1 Å². The van der Waals surface area contributed by atoms with Crippen LogP contribution >= 0.6 is 11.6 Å². The zero-order valence-corrected chi connectivity index (χ0v) is 11.2. The highest BCUT2D eigenvalue weighted by Gasteiger charge is 2.12. The first-order valence-electron chi connectivity index (χ1n) is 5.84. The Morgan fingerprint density at radius 2 is 1.72 bits per heavy atom. The second-order valence-corrected chi connectivity index (χ2v) is 4.37. The Morgan fingerprint density at radius 3 is 2.33 bits per heavy atom. The van der Waals surface area contributed by atoms with Crippen LogP contribution in [0.4, 0.5) is 17.3 Å². The number of benzene rings is 1. The van der Waals surface area contributed by atoms with Crippen LogP contribution in [0.25, 0.3) is 11.0 Å². The van der Waals surface area contributed by atoms with Gasteiger partial charge in [0, 0.05) is 13.1 Å².